The second-order valence-electron chi connectivity index (χ2n) is 5.50. The largest absolute Gasteiger partial charge is 0.483 e. The first kappa shape index (κ1) is 13.8. The average molecular weight is 277 g/mol. The van der Waals surface area contributed by atoms with E-state index < -0.39 is 0 Å². The summed E-state index contributed by atoms with van der Waals surface area (Å²) in [6.07, 6.45) is 0. The number of nitrogens with zero attached hydrogens (tertiary/aromatic N) is 2. The summed E-state index contributed by atoms with van der Waals surface area (Å²) < 4.78 is 5.66. The summed E-state index contributed by atoms with van der Waals surface area (Å²) in [5, 5.41) is 3.03. The zero-order valence-electron chi connectivity index (χ0n) is 11.7. The maximum absolute atomic E-state index is 5.81. The van der Waals surface area contributed by atoms with Gasteiger partial charge in [-0.1, -0.05) is 20.8 Å². The second kappa shape index (κ2) is 5.17. The summed E-state index contributed by atoms with van der Waals surface area (Å²) in [5.74, 6) is 1.03. The van der Waals surface area contributed by atoms with Crippen LogP contribution < -0.4 is 10.5 Å². The summed E-state index contributed by atoms with van der Waals surface area (Å²) in [6, 6.07) is 3.73. The van der Waals surface area contributed by atoms with Crippen LogP contribution in [0.15, 0.2) is 17.5 Å². The van der Waals surface area contributed by atoms with Crippen molar-refractivity contribution in [3.05, 3.63) is 33.9 Å². The molecule has 0 radical (unpaired) electrons. The molecule has 0 aliphatic rings. The second-order valence-corrected chi connectivity index (χ2v) is 6.44. The minimum Gasteiger partial charge on any atom is -0.483 e. The van der Waals surface area contributed by atoms with Crippen LogP contribution in [-0.2, 0) is 12.0 Å². The fourth-order valence-electron chi connectivity index (χ4n) is 1.55. The molecule has 2 heterocycles. The first-order chi connectivity index (χ1) is 8.86. The lowest BCUT2D eigenvalue weighted by atomic mass is 9.93. The van der Waals surface area contributed by atoms with Gasteiger partial charge in [0, 0.05) is 16.5 Å². The lowest BCUT2D eigenvalue weighted by molar-refractivity contribution is 0.305. The molecule has 19 heavy (non-hydrogen) atoms. The zero-order valence-corrected chi connectivity index (χ0v) is 12.5. The highest BCUT2D eigenvalue weighted by Gasteiger charge is 2.17. The number of anilines is 1. The molecular formula is C14H19N3OS. The van der Waals surface area contributed by atoms with Crippen molar-refractivity contribution >= 4 is 17.2 Å². The molecule has 4 nitrogen and oxygen atoms in total. The highest BCUT2D eigenvalue weighted by atomic mass is 32.1. The Morgan fingerprint density at radius 1 is 1.26 bits per heavy atom. The number of ether oxygens (including phenoxy) is 1. The van der Waals surface area contributed by atoms with Crippen molar-refractivity contribution < 1.29 is 4.74 Å². The standard InChI is InChI=1S/C14H19N3OS/c1-9-5-6-10(13(15)16-9)18-7-12-17-11(8-19-12)14(2,3)4/h5-6,8H,7H2,1-4H3,(H2,15,16). The number of pyridine rings is 1. The molecule has 0 aliphatic carbocycles. The van der Waals surface area contributed by atoms with Crippen LogP contribution in [0.4, 0.5) is 5.82 Å². The van der Waals surface area contributed by atoms with Gasteiger partial charge in [0.15, 0.2) is 11.6 Å². The highest BCUT2D eigenvalue weighted by Crippen LogP contribution is 2.25. The van der Waals surface area contributed by atoms with E-state index in [2.05, 4.69) is 36.1 Å². The molecule has 0 saturated heterocycles. The van der Waals surface area contributed by atoms with Crippen LogP contribution in [0.5, 0.6) is 5.75 Å². The number of nitrogens with two attached hydrogens (primary N) is 1. The Morgan fingerprint density at radius 2 is 2.00 bits per heavy atom. The molecule has 0 fully saturated rings. The van der Waals surface area contributed by atoms with Gasteiger partial charge in [0.1, 0.15) is 11.6 Å². The fraction of sp³-hybridized carbons (Fsp3) is 0.429. The minimum atomic E-state index is 0.0686. The predicted molar refractivity (Wildman–Crippen MR) is 78.5 cm³/mol. The molecule has 0 aromatic carbocycles. The number of thiazole rings is 1. The highest BCUT2D eigenvalue weighted by molar-refractivity contribution is 7.09. The molecule has 102 valence electrons. The van der Waals surface area contributed by atoms with Gasteiger partial charge in [-0.05, 0) is 19.1 Å². The van der Waals surface area contributed by atoms with E-state index in [0.717, 1.165) is 16.4 Å². The van der Waals surface area contributed by atoms with E-state index in [0.29, 0.717) is 18.2 Å². The third-order valence-corrected chi connectivity index (χ3v) is 3.52. The third-order valence-electron chi connectivity index (χ3n) is 2.70. The van der Waals surface area contributed by atoms with Crippen molar-refractivity contribution in [2.24, 2.45) is 0 Å². The molecular weight excluding hydrogens is 258 g/mol. The maximum Gasteiger partial charge on any atom is 0.166 e. The van der Waals surface area contributed by atoms with Crippen LogP contribution in [0.3, 0.4) is 0 Å². The van der Waals surface area contributed by atoms with Crippen LogP contribution in [-0.4, -0.2) is 9.97 Å². The van der Waals surface area contributed by atoms with Crippen molar-refractivity contribution in [2.75, 3.05) is 5.73 Å². The van der Waals surface area contributed by atoms with E-state index in [1.807, 2.05) is 19.1 Å². The molecule has 0 amide bonds. The van der Waals surface area contributed by atoms with Crippen molar-refractivity contribution in [3.63, 3.8) is 0 Å². The zero-order chi connectivity index (χ0) is 14.0. The molecule has 0 atom stereocenters. The Balaban J connectivity index is 2.04. The first-order valence-electron chi connectivity index (χ1n) is 6.17. The molecule has 5 heteroatoms. The van der Waals surface area contributed by atoms with E-state index in [-0.39, 0.29) is 5.41 Å². The lowest BCUT2D eigenvalue weighted by Gasteiger charge is -2.14. The van der Waals surface area contributed by atoms with E-state index in [1.165, 1.54) is 0 Å². The summed E-state index contributed by atoms with van der Waals surface area (Å²) >= 11 is 1.61. The average Bonchev–Trinajstić information content (AvgIpc) is 2.76. The van der Waals surface area contributed by atoms with Crippen LogP contribution >= 0.6 is 11.3 Å². The summed E-state index contributed by atoms with van der Waals surface area (Å²) in [6.45, 7) is 8.77. The van der Waals surface area contributed by atoms with Gasteiger partial charge >= 0.3 is 0 Å². The van der Waals surface area contributed by atoms with E-state index in [1.54, 1.807) is 11.3 Å². The van der Waals surface area contributed by atoms with Crippen LogP contribution in [0, 0.1) is 6.92 Å². The molecule has 2 aromatic heterocycles. The van der Waals surface area contributed by atoms with Gasteiger partial charge in [0.05, 0.1) is 5.69 Å². The number of hydrogen-bond donors (Lipinski definition) is 1. The molecule has 0 aliphatic heterocycles. The topological polar surface area (TPSA) is 61.0 Å². The van der Waals surface area contributed by atoms with E-state index in [9.17, 15) is 0 Å². The number of aromatic nitrogens is 2. The fourth-order valence-corrected chi connectivity index (χ4v) is 2.48. The molecule has 0 bridgehead atoms. The normalized spacial score (nSPS) is 11.6. The SMILES string of the molecule is Cc1ccc(OCc2nc(C(C)(C)C)cs2)c(N)n1. The first-order valence-corrected chi connectivity index (χ1v) is 7.05. The number of rotatable bonds is 3. The van der Waals surface area contributed by atoms with Crippen molar-refractivity contribution in [1.29, 1.82) is 0 Å². The lowest BCUT2D eigenvalue weighted by Crippen LogP contribution is -2.11. The summed E-state index contributed by atoms with van der Waals surface area (Å²) in [4.78, 5) is 8.74. The van der Waals surface area contributed by atoms with Gasteiger partial charge in [0.2, 0.25) is 0 Å². The van der Waals surface area contributed by atoms with Crippen molar-refractivity contribution in [3.8, 4) is 5.75 Å². The smallest absolute Gasteiger partial charge is 0.166 e. The Morgan fingerprint density at radius 3 is 2.58 bits per heavy atom. The Labute approximate surface area is 117 Å². The number of aryl methyl sites for hydroxylation is 1. The van der Waals surface area contributed by atoms with Crippen molar-refractivity contribution in [2.45, 2.75) is 39.7 Å². The van der Waals surface area contributed by atoms with Gasteiger partial charge in [0.25, 0.3) is 0 Å². The number of hydrogen-bond acceptors (Lipinski definition) is 5. The monoisotopic (exact) mass is 277 g/mol. The van der Waals surface area contributed by atoms with Gasteiger partial charge in [-0.2, -0.15) is 0 Å². The molecule has 2 rings (SSSR count). The Hall–Kier alpha value is -1.62. The van der Waals surface area contributed by atoms with Gasteiger partial charge < -0.3 is 10.5 Å². The molecule has 0 saturated carbocycles. The van der Waals surface area contributed by atoms with E-state index >= 15 is 0 Å². The van der Waals surface area contributed by atoms with Crippen LogP contribution in [0.1, 0.15) is 37.2 Å². The summed E-state index contributed by atoms with van der Waals surface area (Å²) in [7, 11) is 0. The predicted octanol–water partition coefficient (Wildman–Crippen LogP) is 3.31. The quantitative estimate of drug-likeness (QED) is 0.935. The number of nitrogen functional groups attached to an aromatic ring is 1. The van der Waals surface area contributed by atoms with Gasteiger partial charge in [-0.25, -0.2) is 9.97 Å². The van der Waals surface area contributed by atoms with E-state index in [4.69, 9.17) is 10.5 Å². The van der Waals surface area contributed by atoms with Crippen LogP contribution in [0.25, 0.3) is 0 Å². The van der Waals surface area contributed by atoms with Gasteiger partial charge in [-0.3, -0.25) is 0 Å². The third kappa shape index (κ3) is 3.44. The van der Waals surface area contributed by atoms with Crippen LogP contribution in [0.2, 0.25) is 0 Å². The van der Waals surface area contributed by atoms with Gasteiger partial charge in [-0.15, -0.1) is 11.3 Å². The Bertz CT molecular complexity index is 572. The molecule has 0 spiro atoms. The summed E-state index contributed by atoms with van der Waals surface area (Å²) in [5.41, 5.74) is 7.85. The molecule has 0 unspecified atom stereocenters. The molecule has 2 aromatic rings. The Kier molecular flexibility index (Phi) is 3.75. The minimum absolute atomic E-state index is 0.0686. The molecule has 2 N–H and O–H groups in total. The van der Waals surface area contributed by atoms with Crippen molar-refractivity contribution in [1.82, 2.24) is 9.97 Å². The maximum atomic E-state index is 5.81.